The Bertz CT molecular complexity index is 499. The van der Waals surface area contributed by atoms with Crippen molar-refractivity contribution in [3.8, 4) is 0 Å². The molecule has 1 aromatic carbocycles. The monoisotopic (exact) mass is 303 g/mol. The minimum absolute atomic E-state index is 0.194. The average Bonchev–Trinajstić information content (AvgIpc) is 2.44. The molecule has 2 unspecified atom stereocenters. The van der Waals surface area contributed by atoms with Gasteiger partial charge in [0.25, 0.3) is 0 Å². The van der Waals surface area contributed by atoms with Crippen molar-refractivity contribution in [3.05, 3.63) is 35.9 Å². The fourth-order valence-corrected chi connectivity index (χ4v) is 3.75. The van der Waals surface area contributed by atoms with Crippen LogP contribution in [0.3, 0.4) is 0 Å². The number of hydrogen-bond acceptors (Lipinski definition) is 3. The number of carbonyl (C=O) groups is 1. The van der Waals surface area contributed by atoms with Gasteiger partial charge >= 0.3 is 5.97 Å². The van der Waals surface area contributed by atoms with E-state index in [4.69, 9.17) is 4.74 Å². The summed E-state index contributed by atoms with van der Waals surface area (Å²) in [5.41, 5.74) is 0.619. The zero-order valence-corrected chi connectivity index (χ0v) is 14.5. The number of benzene rings is 1. The highest BCUT2D eigenvalue weighted by Crippen LogP contribution is 2.43. The Morgan fingerprint density at radius 1 is 1.32 bits per heavy atom. The van der Waals surface area contributed by atoms with Crippen LogP contribution < -0.4 is 0 Å². The van der Waals surface area contributed by atoms with Crippen LogP contribution in [0.5, 0.6) is 0 Å². The van der Waals surface area contributed by atoms with Gasteiger partial charge in [-0.25, -0.2) is 0 Å². The molecule has 0 N–H and O–H groups in total. The van der Waals surface area contributed by atoms with Crippen LogP contribution in [0.15, 0.2) is 30.3 Å². The second kappa shape index (κ2) is 6.82. The maximum absolute atomic E-state index is 11.8. The molecule has 122 valence electrons. The van der Waals surface area contributed by atoms with E-state index in [0.717, 1.165) is 25.1 Å². The second-order valence-corrected chi connectivity index (χ2v) is 7.15. The summed E-state index contributed by atoms with van der Waals surface area (Å²) in [6.45, 7) is 12.5. The molecule has 1 aliphatic heterocycles. The Labute approximate surface area is 134 Å². The summed E-state index contributed by atoms with van der Waals surface area (Å²) >= 11 is 0. The van der Waals surface area contributed by atoms with Gasteiger partial charge in [0.1, 0.15) is 5.60 Å². The van der Waals surface area contributed by atoms with E-state index in [9.17, 15) is 4.79 Å². The summed E-state index contributed by atoms with van der Waals surface area (Å²) in [7, 11) is 0. The topological polar surface area (TPSA) is 29.5 Å². The lowest BCUT2D eigenvalue weighted by Crippen LogP contribution is -2.55. The number of rotatable bonds is 4. The van der Waals surface area contributed by atoms with Gasteiger partial charge in [0.15, 0.2) is 0 Å². The quantitative estimate of drug-likeness (QED) is 0.792. The smallest absolute Gasteiger partial charge is 0.303 e. The summed E-state index contributed by atoms with van der Waals surface area (Å²) in [5.74, 6) is 0.724. The minimum atomic E-state index is -0.500. The lowest BCUT2D eigenvalue weighted by molar-refractivity contribution is -0.176. The maximum atomic E-state index is 11.8. The number of likely N-dealkylation sites (tertiary alicyclic amines) is 1. The molecule has 0 aromatic heterocycles. The van der Waals surface area contributed by atoms with Gasteiger partial charge in [-0.3, -0.25) is 9.69 Å². The number of piperidine rings is 1. The predicted octanol–water partition coefficient (Wildman–Crippen LogP) is 3.83. The van der Waals surface area contributed by atoms with E-state index < -0.39 is 5.60 Å². The third-order valence-corrected chi connectivity index (χ3v) is 4.71. The first-order chi connectivity index (χ1) is 10.3. The van der Waals surface area contributed by atoms with Crippen molar-refractivity contribution in [2.24, 2.45) is 11.8 Å². The van der Waals surface area contributed by atoms with Gasteiger partial charge < -0.3 is 4.74 Å². The summed E-state index contributed by atoms with van der Waals surface area (Å²) in [4.78, 5) is 14.3. The Hall–Kier alpha value is -1.35. The van der Waals surface area contributed by atoms with Crippen molar-refractivity contribution in [3.63, 3.8) is 0 Å². The standard InChI is InChI=1S/C19H29NO2/c1-14(2)12-20-13-15(3)19(11-16(20)4,22-17(5)21)18-9-7-6-8-10-18/h6-10,14-16H,11-13H2,1-5H3/t15-,16?,19?/m0/s1. The van der Waals surface area contributed by atoms with Crippen LogP contribution in [0.2, 0.25) is 0 Å². The fraction of sp³-hybridized carbons (Fsp3) is 0.632. The van der Waals surface area contributed by atoms with Crippen molar-refractivity contribution in [2.45, 2.75) is 52.7 Å². The van der Waals surface area contributed by atoms with Crippen molar-refractivity contribution in [2.75, 3.05) is 13.1 Å². The molecule has 0 spiro atoms. The Morgan fingerprint density at radius 2 is 1.95 bits per heavy atom. The molecule has 3 atom stereocenters. The van der Waals surface area contributed by atoms with Gasteiger partial charge in [-0.15, -0.1) is 0 Å². The number of nitrogens with zero attached hydrogens (tertiary/aromatic N) is 1. The normalized spacial score (nSPS) is 29.5. The highest BCUT2D eigenvalue weighted by molar-refractivity contribution is 5.67. The van der Waals surface area contributed by atoms with Gasteiger partial charge in [-0.1, -0.05) is 51.1 Å². The van der Waals surface area contributed by atoms with E-state index in [2.05, 4.69) is 44.7 Å². The molecule has 3 heteroatoms. The molecule has 1 aromatic rings. The minimum Gasteiger partial charge on any atom is -0.454 e. The number of esters is 1. The second-order valence-electron chi connectivity index (χ2n) is 7.15. The van der Waals surface area contributed by atoms with E-state index in [0.29, 0.717) is 12.0 Å². The molecule has 1 saturated heterocycles. The first-order valence-electron chi connectivity index (χ1n) is 8.34. The molecule has 2 rings (SSSR count). The van der Waals surface area contributed by atoms with Gasteiger partial charge in [0.05, 0.1) is 0 Å². The Balaban J connectivity index is 2.33. The predicted molar refractivity (Wildman–Crippen MR) is 89.5 cm³/mol. The van der Waals surface area contributed by atoms with Gasteiger partial charge in [-0.05, 0) is 18.4 Å². The highest BCUT2D eigenvalue weighted by Gasteiger charge is 2.47. The van der Waals surface area contributed by atoms with Crippen LogP contribution in [0, 0.1) is 11.8 Å². The number of carbonyl (C=O) groups excluding carboxylic acids is 1. The van der Waals surface area contributed by atoms with E-state index in [1.807, 2.05) is 18.2 Å². The van der Waals surface area contributed by atoms with Gasteiger partial charge in [0.2, 0.25) is 0 Å². The summed E-state index contributed by atoms with van der Waals surface area (Å²) in [6, 6.07) is 10.6. The SMILES string of the molecule is CC(=O)OC1(c2ccccc2)CC(C)N(CC(C)C)C[C@@H]1C. The maximum Gasteiger partial charge on any atom is 0.303 e. The molecule has 1 aliphatic rings. The summed E-state index contributed by atoms with van der Waals surface area (Å²) in [6.07, 6.45) is 0.852. The molecular formula is C19H29NO2. The van der Waals surface area contributed by atoms with E-state index in [-0.39, 0.29) is 11.9 Å². The van der Waals surface area contributed by atoms with E-state index in [1.54, 1.807) is 0 Å². The molecule has 0 amide bonds. The molecule has 1 heterocycles. The van der Waals surface area contributed by atoms with Crippen molar-refractivity contribution >= 4 is 5.97 Å². The molecule has 0 aliphatic carbocycles. The van der Waals surface area contributed by atoms with Crippen molar-refractivity contribution < 1.29 is 9.53 Å². The first kappa shape index (κ1) is 17.0. The number of ether oxygens (including phenoxy) is 1. The molecular weight excluding hydrogens is 274 g/mol. The lowest BCUT2D eigenvalue weighted by atomic mass is 9.74. The third kappa shape index (κ3) is 3.52. The Kier molecular flexibility index (Phi) is 5.28. The largest absolute Gasteiger partial charge is 0.454 e. The third-order valence-electron chi connectivity index (χ3n) is 4.71. The van der Waals surface area contributed by atoms with Gasteiger partial charge in [0, 0.05) is 38.4 Å². The van der Waals surface area contributed by atoms with Gasteiger partial charge in [-0.2, -0.15) is 0 Å². The van der Waals surface area contributed by atoms with E-state index in [1.165, 1.54) is 6.92 Å². The summed E-state index contributed by atoms with van der Waals surface area (Å²) < 4.78 is 5.94. The molecule has 3 nitrogen and oxygen atoms in total. The van der Waals surface area contributed by atoms with E-state index >= 15 is 0 Å². The fourth-order valence-electron chi connectivity index (χ4n) is 3.75. The van der Waals surface area contributed by atoms with Crippen molar-refractivity contribution in [1.82, 2.24) is 4.90 Å². The molecule has 1 fully saturated rings. The van der Waals surface area contributed by atoms with Crippen LogP contribution >= 0.6 is 0 Å². The number of hydrogen-bond donors (Lipinski definition) is 0. The first-order valence-corrected chi connectivity index (χ1v) is 8.34. The zero-order valence-electron chi connectivity index (χ0n) is 14.5. The highest BCUT2D eigenvalue weighted by atomic mass is 16.6. The van der Waals surface area contributed by atoms with Crippen molar-refractivity contribution in [1.29, 1.82) is 0 Å². The molecule has 0 radical (unpaired) electrons. The van der Waals surface area contributed by atoms with Crippen LogP contribution in [0.25, 0.3) is 0 Å². The van der Waals surface area contributed by atoms with Crippen LogP contribution in [-0.2, 0) is 15.1 Å². The Morgan fingerprint density at radius 3 is 2.50 bits per heavy atom. The average molecular weight is 303 g/mol. The van der Waals surface area contributed by atoms with Crippen LogP contribution in [0.1, 0.15) is 46.6 Å². The van der Waals surface area contributed by atoms with Crippen LogP contribution in [0.4, 0.5) is 0 Å². The summed E-state index contributed by atoms with van der Waals surface area (Å²) in [5, 5.41) is 0. The molecule has 0 saturated carbocycles. The zero-order chi connectivity index (χ0) is 16.3. The molecule has 0 bridgehead atoms. The molecule has 22 heavy (non-hydrogen) atoms. The van der Waals surface area contributed by atoms with Crippen LogP contribution in [-0.4, -0.2) is 30.0 Å². The lowest BCUT2D eigenvalue weighted by Gasteiger charge is -2.49.